The van der Waals surface area contributed by atoms with Crippen molar-refractivity contribution in [3.63, 3.8) is 0 Å². The quantitative estimate of drug-likeness (QED) is 0.329. The lowest BCUT2D eigenvalue weighted by atomic mass is 10.0. The number of aromatic nitrogens is 3. The van der Waals surface area contributed by atoms with Crippen molar-refractivity contribution in [3.05, 3.63) is 76.0 Å². The predicted molar refractivity (Wildman–Crippen MR) is 130 cm³/mol. The summed E-state index contributed by atoms with van der Waals surface area (Å²) in [4.78, 5) is 12.3. The maximum Gasteiger partial charge on any atom is 0.234 e. The largest absolute Gasteiger partial charge is 0.485 e. The highest BCUT2D eigenvalue weighted by molar-refractivity contribution is 7.99. The first-order chi connectivity index (χ1) is 15.4. The third-order valence-electron chi connectivity index (χ3n) is 4.97. The van der Waals surface area contributed by atoms with Gasteiger partial charge in [-0.15, -0.1) is 10.2 Å². The summed E-state index contributed by atoms with van der Waals surface area (Å²) < 4.78 is 7.84. The van der Waals surface area contributed by atoms with E-state index in [4.69, 9.17) is 27.9 Å². The average Bonchev–Trinajstić information content (AvgIpc) is 3.13. The van der Waals surface area contributed by atoms with Crippen molar-refractivity contribution in [1.29, 1.82) is 0 Å². The third kappa shape index (κ3) is 5.01. The van der Waals surface area contributed by atoms with Crippen molar-refractivity contribution in [2.75, 3.05) is 11.1 Å². The highest BCUT2D eigenvalue weighted by Gasteiger charge is 2.14. The molecule has 4 aromatic rings. The number of ether oxygens (including phenoxy) is 1. The number of halogens is 2. The first kappa shape index (κ1) is 22.5. The molecule has 3 aromatic carbocycles. The van der Waals surface area contributed by atoms with Gasteiger partial charge in [0.05, 0.1) is 16.5 Å². The zero-order valence-corrected chi connectivity index (χ0v) is 19.8. The van der Waals surface area contributed by atoms with Crippen LogP contribution in [0.15, 0.2) is 59.8 Å². The molecule has 0 spiro atoms. The third-order valence-corrected chi connectivity index (χ3v) is 6.54. The number of aryl methyl sites for hydroxylation is 1. The highest BCUT2D eigenvalue weighted by atomic mass is 35.5. The Morgan fingerprint density at radius 1 is 1.12 bits per heavy atom. The fraction of sp³-hybridized carbons (Fsp3) is 0.174. The zero-order chi connectivity index (χ0) is 22.7. The molecule has 0 fully saturated rings. The monoisotopic (exact) mass is 486 g/mol. The van der Waals surface area contributed by atoms with Gasteiger partial charge in [-0.1, -0.05) is 65.3 Å². The molecule has 1 aromatic heterocycles. The van der Waals surface area contributed by atoms with E-state index in [1.807, 2.05) is 42.8 Å². The Kier molecular flexibility index (Phi) is 6.89. The van der Waals surface area contributed by atoms with Crippen LogP contribution in [-0.4, -0.2) is 26.4 Å². The van der Waals surface area contributed by atoms with Crippen LogP contribution < -0.4 is 10.1 Å². The number of thioether (sulfide) groups is 1. The molecule has 0 saturated heterocycles. The normalized spacial score (nSPS) is 11.0. The molecule has 0 aliphatic heterocycles. The van der Waals surface area contributed by atoms with E-state index in [1.165, 1.54) is 17.1 Å². The van der Waals surface area contributed by atoms with E-state index in [0.717, 1.165) is 16.7 Å². The molecule has 0 saturated carbocycles. The summed E-state index contributed by atoms with van der Waals surface area (Å²) in [6, 6.07) is 17.1. The van der Waals surface area contributed by atoms with Gasteiger partial charge in [0.15, 0.2) is 11.0 Å². The molecule has 9 heteroatoms. The SMILES string of the molecule is Cc1c(OCc2nnc(SCC(=O)Nc3ccc(Cl)cc3Cl)n2C)ccc2ccccc12. The number of rotatable bonds is 7. The summed E-state index contributed by atoms with van der Waals surface area (Å²) in [5.41, 5.74) is 1.59. The number of fused-ring (bicyclic) bond motifs is 1. The van der Waals surface area contributed by atoms with E-state index in [1.54, 1.807) is 18.2 Å². The molecule has 6 nitrogen and oxygen atoms in total. The minimum absolute atomic E-state index is 0.162. The van der Waals surface area contributed by atoms with Crippen LogP contribution in [0.3, 0.4) is 0 Å². The van der Waals surface area contributed by atoms with Crippen LogP contribution in [0.5, 0.6) is 5.75 Å². The number of nitrogens with zero attached hydrogens (tertiary/aromatic N) is 3. The number of carbonyl (C=O) groups is 1. The topological polar surface area (TPSA) is 69.0 Å². The van der Waals surface area contributed by atoms with E-state index in [0.29, 0.717) is 26.7 Å². The predicted octanol–water partition coefficient (Wildman–Crippen LogP) is 5.89. The van der Waals surface area contributed by atoms with E-state index in [9.17, 15) is 4.79 Å². The van der Waals surface area contributed by atoms with Crippen LogP contribution in [0.4, 0.5) is 5.69 Å². The molecule has 1 N–H and O–H groups in total. The molecule has 0 atom stereocenters. The van der Waals surface area contributed by atoms with Crippen molar-refractivity contribution >= 4 is 57.3 Å². The standard InChI is InChI=1S/C23H20Cl2N4O2S/c1-14-17-6-4-3-5-15(17)7-10-20(14)31-12-21-27-28-23(29(21)2)32-13-22(30)26-19-9-8-16(24)11-18(19)25/h3-11H,12-13H2,1-2H3,(H,26,30). The second-order valence-corrected chi connectivity index (χ2v) is 8.90. The van der Waals surface area contributed by atoms with Gasteiger partial charge < -0.3 is 14.6 Å². The molecule has 32 heavy (non-hydrogen) atoms. The Morgan fingerprint density at radius 2 is 1.94 bits per heavy atom. The summed E-state index contributed by atoms with van der Waals surface area (Å²) in [7, 11) is 1.85. The molecule has 0 radical (unpaired) electrons. The Bertz CT molecular complexity index is 1290. The first-order valence-electron chi connectivity index (χ1n) is 9.79. The molecule has 0 unspecified atom stereocenters. The second kappa shape index (κ2) is 9.81. The van der Waals surface area contributed by atoms with Gasteiger partial charge in [0, 0.05) is 12.1 Å². The van der Waals surface area contributed by atoms with Crippen molar-refractivity contribution < 1.29 is 9.53 Å². The molecule has 4 rings (SSSR count). The smallest absolute Gasteiger partial charge is 0.234 e. The van der Waals surface area contributed by atoms with Gasteiger partial charge in [-0.2, -0.15) is 0 Å². The highest BCUT2D eigenvalue weighted by Crippen LogP contribution is 2.28. The average molecular weight is 487 g/mol. The van der Waals surface area contributed by atoms with Crippen LogP contribution in [0.1, 0.15) is 11.4 Å². The Hall–Kier alpha value is -2.74. The fourth-order valence-electron chi connectivity index (χ4n) is 3.21. The molecule has 1 amide bonds. The maximum atomic E-state index is 12.3. The first-order valence-corrected chi connectivity index (χ1v) is 11.5. The zero-order valence-electron chi connectivity index (χ0n) is 17.4. The lowest BCUT2D eigenvalue weighted by Crippen LogP contribution is -2.15. The molecule has 164 valence electrons. The van der Waals surface area contributed by atoms with Crippen molar-refractivity contribution in [3.8, 4) is 5.75 Å². The number of nitrogens with one attached hydrogen (secondary N) is 1. The van der Waals surface area contributed by atoms with Crippen molar-refractivity contribution in [2.45, 2.75) is 18.7 Å². The number of amides is 1. The van der Waals surface area contributed by atoms with Crippen molar-refractivity contribution in [1.82, 2.24) is 14.8 Å². The van der Waals surface area contributed by atoms with Crippen LogP contribution in [0, 0.1) is 6.92 Å². The molecular formula is C23H20Cl2N4O2S. The van der Waals surface area contributed by atoms with E-state index in [-0.39, 0.29) is 18.3 Å². The fourth-order valence-corrected chi connectivity index (χ4v) is 4.40. The lowest BCUT2D eigenvalue weighted by Gasteiger charge is -2.11. The lowest BCUT2D eigenvalue weighted by molar-refractivity contribution is -0.113. The van der Waals surface area contributed by atoms with Gasteiger partial charge in [-0.25, -0.2) is 0 Å². The molecular weight excluding hydrogens is 467 g/mol. The molecule has 0 bridgehead atoms. The van der Waals surface area contributed by atoms with Crippen LogP contribution in [0.25, 0.3) is 10.8 Å². The summed E-state index contributed by atoms with van der Waals surface area (Å²) in [5, 5.41) is 15.0. The van der Waals surface area contributed by atoms with Gasteiger partial charge in [0.2, 0.25) is 5.91 Å². The number of carbonyl (C=O) groups excluding carboxylic acids is 1. The number of hydrogen-bond acceptors (Lipinski definition) is 5. The van der Waals surface area contributed by atoms with E-state index < -0.39 is 0 Å². The Morgan fingerprint density at radius 3 is 2.75 bits per heavy atom. The maximum absolute atomic E-state index is 12.3. The Labute approximate surface area is 199 Å². The van der Waals surface area contributed by atoms with E-state index >= 15 is 0 Å². The van der Waals surface area contributed by atoms with Gasteiger partial charge >= 0.3 is 0 Å². The van der Waals surface area contributed by atoms with E-state index in [2.05, 4.69) is 27.6 Å². The summed E-state index contributed by atoms with van der Waals surface area (Å²) >= 11 is 13.3. The summed E-state index contributed by atoms with van der Waals surface area (Å²) in [5.74, 6) is 1.43. The summed E-state index contributed by atoms with van der Waals surface area (Å²) in [6.07, 6.45) is 0. The minimum atomic E-state index is -0.202. The van der Waals surface area contributed by atoms with Crippen LogP contribution >= 0.6 is 35.0 Å². The van der Waals surface area contributed by atoms with Gasteiger partial charge in [0.1, 0.15) is 12.4 Å². The number of benzene rings is 3. The number of hydrogen-bond donors (Lipinski definition) is 1. The second-order valence-electron chi connectivity index (χ2n) is 7.12. The van der Waals surface area contributed by atoms with Gasteiger partial charge in [-0.05, 0) is 47.5 Å². The Balaban J connectivity index is 1.36. The van der Waals surface area contributed by atoms with Gasteiger partial charge in [-0.3, -0.25) is 4.79 Å². The van der Waals surface area contributed by atoms with Crippen LogP contribution in [-0.2, 0) is 18.4 Å². The molecule has 0 aliphatic rings. The molecule has 1 heterocycles. The van der Waals surface area contributed by atoms with Gasteiger partial charge in [0.25, 0.3) is 0 Å². The van der Waals surface area contributed by atoms with Crippen LogP contribution in [0.2, 0.25) is 10.0 Å². The minimum Gasteiger partial charge on any atom is -0.485 e. The van der Waals surface area contributed by atoms with Crippen molar-refractivity contribution in [2.24, 2.45) is 7.05 Å². The molecule has 0 aliphatic carbocycles. The number of anilines is 1. The summed E-state index contributed by atoms with van der Waals surface area (Å²) in [6.45, 7) is 2.32.